The molecule has 0 spiro atoms. The number of benzene rings is 1. The Morgan fingerprint density at radius 3 is 3.00 bits per heavy atom. The topological polar surface area (TPSA) is 24.8 Å². The Balaban J connectivity index is 1.86. The lowest BCUT2D eigenvalue weighted by molar-refractivity contribution is 0.403. The number of rotatable bonds is 2. The molecule has 3 heterocycles. The second kappa shape index (κ2) is 5.46. The Morgan fingerprint density at radius 1 is 1.23 bits per heavy atom. The first-order valence-corrected chi connectivity index (χ1v) is 8.18. The van der Waals surface area contributed by atoms with Gasteiger partial charge in [0.05, 0.1) is 23.4 Å². The first-order valence-electron chi connectivity index (χ1n) is 7.30. The Morgan fingerprint density at radius 2 is 2.18 bits per heavy atom. The number of thiophene rings is 1. The highest BCUT2D eigenvalue weighted by Crippen LogP contribution is 2.35. The summed E-state index contributed by atoms with van der Waals surface area (Å²) in [5.41, 5.74) is 4.73. The SMILES string of the molecule is COc1cccc2c1CCN1C=CN=C(c3cccs3)C=C21. The highest BCUT2D eigenvalue weighted by atomic mass is 32.1. The smallest absolute Gasteiger partial charge is 0.122 e. The predicted molar refractivity (Wildman–Crippen MR) is 91.4 cm³/mol. The van der Waals surface area contributed by atoms with Crippen molar-refractivity contribution in [2.75, 3.05) is 13.7 Å². The number of aliphatic imine (C=N–C) groups is 1. The van der Waals surface area contributed by atoms with Crippen molar-refractivity contribution in [1.29, 1.82) is 0 Å². The maximum atomic E-state index is 5.53. The molecule has 1 aromatic heterocycles. The molecule has 2 aliphatic rings. The zero-order valence-corrected chi connectivity index (χ0v) is 13.1. The highest BCUT2D eigenvalue weighted by molar-refractivity contribution is 7.12. The monoisotopic (exact) mass is 308 g/mol. The summed E-state index contributed by atoms with van der Waals surface area (Å²) in [6.07, 6.45) is 7.12. The molecular formula is C18H16N2OS. The van der Waals surface area contributed by atoms with Gasteiger partial charge in [-0.05, 0) is 30.0 Å². The van der Waals surface area contributed by atoms with Crippen molar-refractivity contribution in [3.63, 3.8) is 0 Å². The normalized spacial score (nSPS) is 16.3. The second-order valence-corrected chi connectivity index (χ2v) is 6.20. The second-order valence-electron chi connectivity index (χ2n) is 5.25. The lowest BCUT2D eigenvalue weighted by Gasteiger charge is -2.30. The molecule has 1 aromatic carbocycles. The molecule has 2 aromatic rings. The van der Waals surface area contributed by atoms with Gasteiger partial charge >= 0.3 is 0 Å². The largest absolute Gasteiger partial charge is 0.496 e. The summed E-state index contributed by atoms with van der Waals surface area (Å²) in [7, 11) is 1.74. The summed E-state index contributed by atoms with van der Waals surface area (Å²) < 4.78 is 5.53. The zero-order valence-electron chi connectivity index (χ0n) is 12.3. The van der Waals surface area contributed by atoms with Crippen LogP contribution in [-0.2, 0) is 6.42 Å². The van der Waals surface area contributed by atoms with Crippen LogP contribution in [-0.4, -0.2) is 24.3 Å². The maximum absolute atomic E-state index is 5.53. The van der Waals surface area contributed by atoms with Crippen LogP contribution in [0.4, 0.5) is 0 Å². The molecule has 4 rings (SSSR count). The van der Waals surface area contributed by atoms with E-state index in [-0.39, 0.29) is 0 Å². The third-order valence-corrected chi connectivity index (χ3v) is 4.94. The highest BCUT2D eigenvalue weighted by Gasteiger charge is 2.23. The van der Waals surface area contributed by atoms with E-state index in [1.54, 1.807) is 18.4 Å². The number of hydrogen-bond acceptors (Lipinski definition) is 4. The van der Waals surface area contributed by atoms with E-state index in [4.69, 9.17) is 4.74 Å². The molecule has 110 valence electrons. The first-order chi connectivity index (χ1) is 10.9. The molecular weight excluding hydrogens is 292 g/mol. The van der Waals surface area contributed by atoms with Crippen LogP contribution in [0.1, 0.15) is 16.0 Å². The van der Waals surface area contributed by atoms with Gasteiger partial charge in [-0.15, -0.1) is 11.3 Å². The molecule has 0 radical (unpaired) electrons. The quantitative estimate of drug-likeness (QED) is 0.840. The van der Waals surface area contributed by atoms with Crippen LogP contribution in [0.15, 0.2) is 59.2 Å². The lowest BCUT2D eigenvalue weighted by Crippen LogP contribution is -2.25. The minimum Gasteiger partial charge on any atom is -0.496 e. The molecule has 4 heteroatoms. The van der Waals surface area contributed by atoms with Crippen molar-refractivity contribution in [3.8, 4) is 5.75 Å². The van der Waals surface area contributed by atoms with Gasteiger partial charge in [0.25, 0.3) is 0 Å². The molecule has 0 bridgehead atoms. The summed E-state index contributed by atoms with van der Waals surface area (Å²) in [4.78, 5) is 8.06. The van der Waals surface area contributed by atoms with Crippen molar-refractivity contribution in [3.05, 3.63) is 70.2 Å². The molecule has 2 aliphatic heterocycles. The van der Waals surface area contributed by atoms with Crippen molar-refractivity contribution in [2.24, 2.45) is 4.99 Å². The molecule has 3 nitrogen and oxygen atoms in total. The molecule has 0 saturated heterocycles. The van der Waals surface area contributed by atoms with Gasteiger partial charge in [-0.3, -0.25) is 4.99 Å². The lowest BCUT2D eigenvalue weighted by atomic mass is 9.95. The Kier molecular flexibility index (Phi) is 3.31. The standard InChI is InChI=1S/C18H16N2OS/c1-21-17-5-2-4-13-14(17)7-9-20-10-8-19-15(12-16(13)20)18-6-3-11-22-18/h2-6,8,10-12H,7,9H2,1H3. The summed E-state index contributed by atoms with van der Waals surface area (Å²) in [6, 6.07) is 10.4. The van der Waals surface area contributed by atoms with Crippen LogP contribution in [0.2, 0.25) is 0 Å². The van der Waals surface area contributed by atoms with Gasteiger partial charge in [-0.1, -0.05) is 18.2 Å². The Labute approximate surface area is 133 Å². The van der Waals surface area contributed by atoms with E-state index in [1.165, 1.54) is 21.7 Å². The van der Waals surface area contributed by atoms with Gasteiger partial charge < -0.3 is 9.64 Å². The number of fused-ring (bicyclic) bond motifs is 3. The van der Waals surface area contributed by atoms with Crippen molar-refractivity contribution < 1.29 is 4.74 Å². The molecule has 0 N–H and O–H groups in total. The molecule has 0 unspecified atom stereocenters. The van der Waals surface area contributed by atoms with Gasteiger partial charge in [0.15, 0.2) is 0 Å². The number of ether oxygens (including phenoxy) is 1. The van der Waals surface area contributed by atoms with E-state index < -0.39 is 0 Å². The number of allylic oxidation sites excluding steroid dienone is 1. The fourth-order valence-corrected chi connectivity index (χ4v) is 3.69. The summed E-state index contributed by atoms with van der Waals surface area (Å²) >= 11 is 1.71. The molecule has 0 fully saturated rings. The van der Waals surface area contributed by atoms with Crippen LogP contribution >= 0.6 is 11.3 Å². The molecule has 0 amide bonds. The minimum atomic E-state index is 0.947. The van der Waals surface area contributed by atoms with E-state index in [1.807, 2.05) is 12.3 Å². The van der Waals surface area contributed by atoms with Gasteiger partial charge in [0.2, 0.25) is 0 Å². The minimum absolute atomic E-state index is 0.947. The summed E-state index contributed by atoms with van der Waals surface area (Å²) in [6.45, 7) is 0.947. The predicted octanol–water partition coefficient (Wildman–Crippen LogP) is 3.93. The van der Waals surface area contributed by atoms with Crippen LogP contribution in [0.5, 0.6) is 5.75 Å². The van der Waals surface area contributed by atoms with Crippen molar-refractivity contribution in [1.82, 2.24) is 4.90 Å². The third-order valence-electron chi connectivity index (χ3n) is 4.05. The number of hydrogen-bond donors (Lipinski definition) is 0. The fraction of sp³-hybridized carbons (Fsp3) is 0.167. The van der Waals surface area contributed by atoms with Gasteiger partial charge in [0.1, 0.15) is 5.75 Å². The Bertz CT molecular complexity index is 787. The van der Waals surface area contributed by atoms with Crippen LogP contribution in [0.25, 0.3) is 5.70 Å². The van der Waals surface area contributed by atoms with E-state index in [0.717, 1.165) is 24.4 Å². The first kappa shape index (κ1) is 13.3. The van der Waals surface area contributed by atoms with Crippen molar-refractivity contribution >= 4 is 22.7 Å². The van der Waals surface area contributed by atoms with E-state index in [9.17, 15) is 0 Å². The average molecular weight is 308 g/mol. The number of nitrogens with zero attached hydrogens (tertiary/aromatic N) is 2. The average Bonchev–Trinajstić information content (AvgIpc) is 3.00. The third kappa shape index (κ3) is 2.16. The molecule has 0 saturated carbocycles. The summed E-state index contributed by atoms with van der Waals surface area (Å²) in [5, 5.41) is 2.08. The van der Waals surface area contributed by atoms with Crippen molar-refractivity contribution in [2.45, 2.75) is 6.42 Å². The summed E-state index contributed by atoms with van der Waals surface area (Å²) in [5.74, 6) is 0.973. The molecule has 0 atom stereocenters. The van der Waals surface area contributed by atoms with Crippen LogP contribution in [0, 0.1) is 0 Å². The zero-order chi connectivity index (χ0) is 14.9. The molecule has 0 aliphatic carbocycles. The fourth-order valence-electron chi connectivity index (χ4n) is 3.00. The van der Waals surface area contributed by atoms with E-state index >= 15 is 0 Å². The number of methoxy groups -OCH3 is 1. The Hall–Kier alpha value is -2.33. The molecule has 22 heavy (non-hydrogen) atoms. The van der Waals surface area contributed by atoms with Crippen LogP contribution < -0.4 is 4.74 Å². The van der Waals surface area contributed by atoms with E-state index in [2.05, 4.69) is 51.8 Å². The van der Waals surface area contributed by atoms with Gasteiger partial charge in [-0.25, -0.2) is 0 Å². The van der Waals surface area contributed by atoms with Crippen LogP contribution in [0.3, 0.4) is 0 Å². The van der Waals surface area contributed by atoms with E-state index in [0.29, 0.717) is 0 Å². The maximum Gasteiger partial charge on any atom is 0.122 e. The van der Waals surface area contributed by atoms with Gasteiger partial charge in [0, 0.05) is 30.1 Å². The van der Waals surface area contributed by atoms with Gasteiger partial charge in [-0.2, -0.15) is 0 Å².